The van der Waals surface area contributed by atoms with Crippen molar-refractivity contribution in [3.05, 3.63) is 53.0 Å². The molecule has 0 aromatic heterocycles. The van der Waals surface area contributed by atoms with E-state index in [0.29, 0.717) is 5.69 Å². The van der Waals surface area contributed by atoms with Crippen LogP contribution < -0.4 is 22.5 Å². The number of nitrogens with zero attached hydrogens (tertiary/aromatic N) is 2. The number of methoxy groups -OCH3 is 1. The maximum Gasteiger partial charge on any atom is 0.385 e. The summed E-state index contributed by atoms with van der Waals surface area (Å²) in [5.74, 6) is 0.788. The van der Waals surface area contributed by atoms with Crippen molar-refractivity contribution in [1.29, 1.82) is 5.39 Å². The van der Waals surface area contributed by atoms with Crippen molar-refractivity contribution >= 4 is 17.1 Å². The second-order valence-electron chi connectivity index (χ2n) is 3.98. The summed E-state index contributed by atoms with van der Waals surface area (Å²) in [4.78, 5) is 3.11. The summed E-state index contributed by atoms with van der Waals surface area (Å²) in [6.07, 6.45) is 0. The molecule has 0 unspecified atom stereocenters. The second-order valence-corrected chi connectivity index (χ2v) is 3.98. The van der Waals surface area contributed by atoms with Gasteiger partial charge in [-0.15, -0.1) is 0 Å². The van der Waals surface area contributed by atoms with Crippen molar-refractivity contribution in [2.45, 2.75) is 6.92 Å². The minimum absolute atomic E-state index is 0. The number of hydrogen-bond donors (Lipinski definition) is 1. The molecule has 2 aromatic carbocycles. The molecular weight excluding hydrogens is 262 g/mol. The molecule has 0 amide bonds. The molecule has 0 saturated carbocycles. The zero-order valence-corrected chi connectivity index (χ0v) is 11.5. The number of hydrogen-bond acceptors (Lipinski definition) is 3. The molecule has 0 saturated heterocycles. The third-order valence-electron chi connectivity index (χ3n) is 2.62. The normalized spacial score (nSPS) is 9.11. The van der Waals surface area contributed by atoms with Crippen LogP contribution in [0.4, 0.5) is 17.1 Å². The van der Waals surface area contributed by atoms with Gasteiger partial charge in [-0.2, -0.15) is 0 Å². The molecule has 0 radical (unpaired) electrons. The largest absolute Gasteiger partial charge is 1.00 e. The fraction of sp³-hybridized carbons (Fsp3) is 0.143. The second kappa shape index (κ2) is 6.62. The Morgan fingerprint density at radius 3 is 2.37 bits per heavy atom. The number of anilines is 2. The topological polar surface area (TPSA) is 49.4 Å². The fourth-order valence-electron chi connectivity index (χ4n) is 1.69. The van der Waals surface area contributed by atoms with E-state index in [1.807, 2.05) is 37.3 Å². The molecule has 98 valence electrons. The van der Waals surface area contributed by atoms with E-state index in [-0.39, 0.29) is 12.4 Å². The summed E-state index contributed by atoms with van der Waals surface area (Å²) in [5.41, 5.74) is 3.49. The molecule has 0 bridgehead atoms. The van der Waals surface area contributed by atoms with Gasteiger partial charge in [0.25, 0.3) is 0 Å². The van der Waals surface area contributed by atoms with Gasteiger partial charge in [-0.25, -0.2) is 0 Å². The molecule has 2 rings (SSSR count). The molecule has 0 spiro atoms. The van der Waals surface area contributed by atoms with Crippen LogP contribution in [0.25, 0.3) is 4.98 Å². The predicted octanol–water partition coefficient (Wildman–Crippen LogP) is 1.24. The minimum atomic E-state index is 0. The maximum absolute atomic E-state index is 8.62. The summed E-state index contributed by atoms with van der Waals surface area (Å²) in [6, 6.07) is 13.1. The third-order valence-corrected chi connectivity index (χ3v) is 2.62. The number of rotatable bonds is 3. The highest BCUT2D eigenvalue weighted by atomic mass is 35.5. The highest BCUT2D eigenvalue weighted by Gasteiger charge is 2.06. The molecule has 19 heavy (non-hydrogen) atoms. The Hall–Kier alpha value is -2.25. The zero-order valence-electron chi connectivity index (χ0n) is 10.7. The van der Waals surface area contributed by atoms with E-state index in [4.69, 9.17) is 10.1 Å². The van der Waals surface area contributed by atoms with E-state index in [1.54, 1.807) is 19.2 Å². The number of benzene rings is 2. The van der Waals surface area contributed by atoms with Gasteiger partial charge in [0.05, 0.1) is 12.8 Å². The maximum atomic E-state index is 8.62. The smallest absolute Gasteiger partial charge is 0.385 e. The van der Waals surface area contributed by atoms with Gasteiger partial charge in [0, 0.05) is 17.8 Å². The number of ether oxygens (including phenoxy) is 1. The number of aryl methyl sites for hydroxylation is 1. The molecule has 0 atom stereocenters. The van der Waals surface area contributed by atoms with Crippen LogP contribution in [0.15, 0.2) is 42.5 Å². The van der Waals surface area contributed by atoms with Gasteiger partial charge < -0.3 is 22.5 Å². The zero-order chi connectivity index (χ0) is 13.0. The van der Waals surface area contributed by atoms with E-state index in [9.17, 15) is 0 Å². The van der Waals surface area contributed by atoms with Crippen molar-refractivity contribution in [2.24, 2.45) is 0 Å². The first-order chi connectivity index (χ1) is 8.72. The van der Waals surface area contributed by atoms with Gasteiger partial charge >= 0.3 is 5.69 Å². The first-order valence-corrected chi connectivity index (χ1v) is 5.60. The van der Waals surface area contributed by atoms with Crippen LogP contribution in [-0.4, -0.2) is 7.11 Å². The van der Waals surface area contributed by atoms with Gasteiger partial charge in [0.15, 0.2) is 4.98 Å². The predicted molar refractivity (Wildman–Crippen MR) is 72.2 cm³/mol. The number of halogens is 1. The van der Waals surface area contributed by atoms with Crippen LogP contribution >= 0.6 is 0 Å². The molecule has 0 heterocycles. The van der Waals surface area contributed by atoms with Crippen LogP contribution in [-0.2, 0) is 0 Å². The Bertz CT molecular complexity index is 591. The first kappa shape index (κ1) is 14.8. The molecule has 0 fully saturated rings. The summed E-state index contributed by atoms with van der Waals surface area (Å²) in [6.45, 7) is 2.03. The summed E-state index contributed by atoms with van der Waals surface area (Å²) in [5, 5.41) is 11.9. The lowest BCUT2D eigenvalue weighted by molar-refractivity contribution is -0.00000418. The Kier molecular flexibility index (Phi) is 5.16. The summed E-state index contributed by atoms with van der Waals surface area (Å²) in [7, 11) is 1.64. The first-order valence-electron chi connectivity index (χ1n) is 5.60. The Balaban J connectivity index is 0.00000180. The molecule has 5 heteroatoms. The van der Waals surface area contributed by atoms with Crippen LogP contribution in [0.2, 0.25) is 0 Å². The Labute approximate surface area is 118 Å². The van der Waals surface area contributed by atoms with Crippen molar-refractivity contribution in [1.82, 2.24) is 0 Å². The molecule has 0 aliphatic rings. The average molecular weight is 276 g/mol. The van der Waals surface area contributed by atoms with Crippen molar-refractivity contribution < 1.29 is 17.1 Å². The van der Waals surface area contributed by atoms with E-state index >= 15 is 0 Å². The van der Waals surface area contributed by atoms with Crippen molar-refractivity contribution in [3.8, 4) is 5.75 Å². The minimum Gasteiger partial charge on any atom is -1.00 e. The lowest BCUT2D eigenvalue weighted by Crippen LogP contribution is -3.00. The SMILES string of the molecule is COc1ccc(C)cc1Nc1ccc([N+]#N)cc1.[Cl-]. The van der Waals surface area contributed by atoms with Gasteiger partial charge in [-0.05, 0) is 36.8 Å². The molecule has 0 aliphatic heterocycles. The molecule has 1 N–H and O–H groups in total. The van der Waals surface area contributed by atoms with E-state index < -0.39 is 0 Å². The molecule has 2 aromatic rings. The van der Waals surface area contributed by atoms with Crippen LogP contribution in [0.1, 0.15) is 5.56 Å². The summed E-state index contributed by atoms with van der Waals surface area (Å²) < 4.78 is 5.30. The lowest BCUT2D eigenvalue weighted by atomic mass is 10.2. The van der Waals surface area contributed by atoms with Crippen molar-refractivity contribution in [2.75, 3.05) is 12.4 Å². The van der Waals surface area contributed by atoms with Crippen LogP contribution in [0.5, 0.6) is 5.75 Å². The van der Waals surface area contributed by atoms with E-state index in [1.165, 1.54) is 0 Å². The quantitative estimate of drug-likeness (QED) is 0.858. The third kappa shape index (κ3) is 3.60. The molecule has 4 nitrogen and oxygen atoms in total. The average Bonchev–Trinajstić information content (AvgIpc) is 2.40. The van der Waals surface area contributed by atoms with Crippen LogP contribution in [0.3, 0.4) is 0 Å². The standard InChI is InChI=1S/C14H14N3O.ClH/c1-10-3-8-14(18-2)13(9-10)16-11-4-6-12(17-15)7-5-11;/h3-9,16H,1-2H3;1H/q+1;/p-1. The molecule has 0 aliphatic carbocycles. The van der Waals surface area contributed by atoms with E-state index in [2.05, 4.69) is 10.3 Å². The van der Waals surface area contributed by atoms with Gasteiger partial charge in [0.2, 0.25) is 5.39 Å². The van der Waals surface area contributed by atoms with E-state index in [0.717, 1.165) is 22.7 Å². The van der Waals surface area contributed by atoms with Gasteiger partial charge in [-0.3, -0.25) is 0 Å². The van der Waals surface area contributed by atoms with Gasteiger partial charge in [-0.1, -0.05) is 6.07 Å². The Morgan fingerprint density at radius 2 is 1.79 bits per heavy atom. The van der Waals surface area contributed by atoms with Crippen LogP contribution in [0, 0.1) is 12.3 Å². The Morgan fingerprint density at radius 1 is 1.11 bits per heavy atom. The lowest BCUT2D eigenvalue weighted by Gasteiger charge is -2.11. The highest BCUT2D eigenvalue weighted by molar-refractivity contribution is 5.68. The highest BCUT2D eigenvalue weighted by Crippen LogP contribution is 2.29. The molecular formula is C14H14ClN3O. The summed E-state index contributed by atoms with van der Waals surface area (Å²) >= 11 is 0. The fourth-order valence-corrected chi connectivity index (χ4v) is 1.69. The number of nitrogens with one attached hydrogen (secondary N) is 1. The van der Waals surface area contributed by atoms with Crippen molar-refractivity contribution in [3.63, 3.8) is 0 Å². The monoisotopic (exact) mass is 275 g/mol. The van der Waals surface area contributed by atoms with Gasteiger partial charge in [0.1, 0.15) is 5.75 Å². The number of diazo groups is 1.